The summed E-state index contributed by atoms with van der Waals surface area (Å²) in [4.78, 5) is 37.9. The van der Waals surface area contributed by atoms with Crippen molar-refractivity contribution in [2.24, 2.45) is 0 Å². The Morgan fingerprint density at radius 3 is 1.11 bits per heavy atom. The molecule has 0 aromatic carbocycles. The van der Waals surface area contributed by atoms with Crippen LogP contribution in [0.5, 0.6) is 0 Å². The van der Waals surface area contributed by atoms with Gasteiger partial charge in [0.15, 0.2) is 0 Å². The van der Waals surface area contributed by atoms with Crippen molar-refractivity contribution in [2.75, 3.05) is 40.9 Å². The molecule has 3 unspecified atom stereocenters. The van der Waals surface area contributed by atoms with Gasteiger partial charge in [-0.25, -0.2) is 4.57 Å². The normalized spacial score (nSPS) is 13.7. The first-order valence-corrected chi connectivity index (χ1v) is 37.8. The first-order chi connectivity index (χ1) is 40.4. The maximum Gasteiger partial charge on any atom is 0.472 e. The molecule has 490 valence electrons. The number of allylic oxidation sites excluding steroid dienone is 5. The highest BCUT2D eigenvalue weighted by Gasteiger charge is 2.30. The summed E-state index contributed by atoms with van der Waals surface area (Å²) in [6.45, 7) is 7.06. The molecule has 0 saturated heterocycles. The number of nitrogens with one attached hydrogen (secondary N) is 1. The van der Waals surface area contributed by atoms with Gasteiger partial charge in [-0.2, -0.15) is 0 Å². The third-order valence-corrected chi connectivity index (χ3v) is 17.6. The summed E-state index contributed by atoms with van der Waals surface area (Å²) >= 11 is 0. The zero-order chi connectivity index (χ0) is 60.7. The van der Waals surface area contributed by atoms with Crippen molar-refractivity contribution in [3.63, 3.8) is 0 Å². The Balaban J connectivity index is 5.06. The number of rotatable bonds is 67. The van der Waals surface area contributed by atoms with Crippen LogP contribution in [-0.2, 0) is 27.9 Å². The number of phosphoric ester groups is 1. The van der Waals surface area contributed by atoms with Crippen molar-refractivity contribution in [3.05, 3.63) is 36.5 Å². The van der Waals surface area contributed by atoms with Gasteiger partial charge in [0.25, 0.3) is 0 Å². The van der Waals surface area contributed by atoms with Crippen LogP contribution >= 0.6 is 7.82 Å². The molecule has 0 radical (unpaired) electrons. The maximum absolute atomic E-state index is 13.6. The van der Waals surface area contributed by atoms with E-state index in [1.807, 2.05) is 27.2 Å². The highest BCUT2D eigenvalue weighted by Crippen LogP contribution is 2.43. The number of hydrogen-bond donors (Lipinski definition) is 2. The molecule has 10 heteroatoms. The van der Waals surface area contributed by atoms with E-state index in [1.165, 1.54) is 270 Å². The molecule has 0 aliphatic rings. The number of unbranched alkanes of at least 4 members (excludes halogenated alkanes) is 47. The summed E-state index contributed by atoms with van der Waals surface area (Å²) in [5.41, 5.74) is 0. The van der Waals surface area contributed by atoms with E-state index < -0.39 is 20.0 Å². The fourth-order valence-corrected chi connectivity index (χ4v) is 11.7. The van der Waals surface area contributed by atoms with Gasteiger partial charge in [-0.15, -0.1) is 0 Å². The number of hydrogen-bond acceptors (Lipinski definition) is 6. The second kappa shape index (κ2) is 63.3. The lowest BCUT2D eigenvalue weighted by atomic mass is 10.0. The van der Waals surface area contributed by atoms with Gasteiger partial charge in [0, 0.05) is 12.8 Å². The Hall–Kier alpha value is -1.77. The van der Waals surface area contributed by atoms with Crippen LogP contribution in [0.25, 0.3) is 0 Å². The second-order valence-corrected chi connectivity index (χ2v) is 27.6. The quantitative estimate of drug-likeness (QED) is 0.0205. The molecule has 0 aromatic heterocycles. The zero-order valence-electron chi connectivity index (χ0n) is 56.2. The number of esters is 1. The number of likely N-dealkylation sites (N-methyl/N-ethyl adjacent to an activating group) is 1. The molecule has 1 amide bonds. The summed E-state index contributed by atoms with van der Waals surface area (Å²) in [7, 11) is 1.51. The Labute approximate surface area is 516 Å². The van der Waals surface area contributed by atoms with Gasteiger partial charge in [-0.1, -0.05) is 327 Å². The average molecular weight is 1190 g/mol. The fourth-order valence-electron chi connectivity index (χ4n) is 11.0. The predicted molar refractivity (Wildman–Crippen MR) is 360 cm³/mol. The lowest BCUT2D eigenvalue weighted by Crippen LogP contribution is -2.47. The average Bonchev–Trinajstić information content (AvgIpc) is 3.46. The molecule has 2 N–H and O–H groups in total. The van der Waals surface area contributed by atoms with Crippen LogP contribution in [0.4, 0.5) is 0 Å². The molecule has 0 saturated carbocycles. The molecule has 0 fully saturated rings. The van der Waals surface area contributed by atoms with E-state index in [1.54, 1.807) is 0 Å². The molecule has 9 nitrogen and oxygen atoms in total. The van der Waals surface area contributed by atoms with Gasteiger partial charge < -0.3 is 19.4 Å². The monoisotopic (exact) mass is 1190 g/mol. The SMILES string of the molecule is CCCCC/C=C\C/C=C\CCCCCCCCCCCCCC(=O)NC(COP(=O)(O)OCC[N+](C)(C)C)C(/C=C/CCCCCCCCCCCCC)OC(=O)CCCCCCCCCCCCCCCCCCCCCCCCC. The molecule has 0 heterocycles. The predicted octanol–water partition coefficient (Wildman–Crippen LogP) is 23.0. The van der Waals surface area contributed by atoms with Crippen molar-refractivity contribution >= 4 is 19.7 Å². The minimum atomic E-state index is -4.45. The Morgan fingerprint density at radius 1 is 0.422 bits per heavy atom. The van der Waals surface area contributed by atoms with Gasteiger partial charge in [-0.05, 0) is 63.9 Å². The fraction of sp³-hybridized carbons (Fsp3) is 0.890. The summed E-state index contributed by atoms with van der Waals surface area (Å²) in [6, 6.07) is -0.847. The first kappa shape index (κ1) is 81.2. The van der Waals surface area contributed by atoms with Gasteiger partial charge in [-0.3, -0.25) is 18.6 Å². The van der Waals surface area contributed by atoms with Crippen LogP contribution in [0.2, 0.25) is 0 Å². The smallest absolute Gasteiger partial charge is 0.456 e. The minimum Gasteiger partial charge on any atom is -0.456 e. The third-order valence-electron chi connectivity index (χ3n) is 16.6. The number of carbonyl (C=O) groups excluding carboxylic acids is 2. The number of amides is 1. The van der Waals surface area contributed by atoms with E-state index in [-0.39, 0.29) is 25.1 Å². The van der Waals surface area contributed by atoms with Crippen molar-refractivity contribution in [2.45, 2.75) is 380 Å². The maximum atomic E-state index is 13.6. The van der Waals surface area contributed by atoms with Crippen molar-refractivity contribution in [3.8, 4) is 0 Å². The van der Waals surface area contributed by atoms with E-state index >= 15 is 0 Å². The van der Waals surface area contributed by atoms with Crippen LogP contribution < -0.4 is 5.32 Å². The molecule has 0 spiro atoms. The molecule has 0 aliphatic carbocycles. The highest BCUT2D eigenvalue weighted by atomic mass is 31.2. The topological polar surface area (TPSA) is 111 Å². The lowest BCUT2D eigenvalue weighted by Gasteiger charge is -2.27. The van der Waals surface area contributed by atoms with Gasteiger partial charge in [0.05, 0.1) is 33.8 Å². The van der Waals surface area contributed by atoms with Crippen molar-refractivity contribution in [1.29, 1.82) is 0 Å². The van der Waals surface area contributed by atoms with E-state index in [0.717, 1.165) is 64.2 Å². The van der Waals surface area contributed by atoms with E-state index in [0.29, 0.717) is 23.9 Å². The molecule has 3 atom stereocenters. The Kier molecular flexibility index (Phi) is 61.9. The Bertz CT molecular complexity index is 1510. The second-order valence-electron chi connectivity index (χ2n) is 26.1. The van der Waals surface area contributed by atoms with E-state index in [9.17, 15) is 19.0 Å². The zero-order valence-corrected chi connectivity index (χ0v) is 57.1. The molecular weight excluding hydrogens is 1050 g/mol. The van der Waals surface area contributed by atoms with E-state index in [4.69, 9.17) is 13.8 Å². The third kappa shape index (κ3) is 64.5. The molecular formula is C73H142N2O7P+. The van der Waals surface area contributed by atoms with Crippen LogP contribution in [0.15, 0.2) is 36.5 Å². The van der Waals surface area contributed by atoms with Gasteiger partial charge >= 0.3 is 13.8 Å². The largest absolute Gasteiger partial charge is 0.472 e. The summed E-state index contributed by atoms with van der Waals surface area (Å²) < 4.78 is 30.9. The van der Waals surface area contributed by atoms with Crippen LogP contribution in [0.1, 0.15) is 367 Å². The van der Waals surface area contributed by atoms with Crippen molar-refractivity contribution < 1.29 is 37.3 Å². The number of ether oxygens (including phenoxy) is 1. The summed E-state index contributed by atoms with van der Waals surface area (Å²) in [5, 5.41) is 3.08. The molecule has 0 bridgehead atoms. The van der Waals surface area contributed by atoms with Crippen LogP contribution in [0, 0.1) is 0 Å². The van der Waals surface area contributed by atoms with E-state index in [2.05, 4.69) is 56.5 Å². The van der Waals surface area contributed by atoms with Crippen LogP contribution in [-0.4, -0.2) is 74.3 Å². The molecule has 0 rings (SSSR count). The first-order valence-electron chi connectivity index (χ1n) is 36.3. The van der Waals surface area contributed by atoms with Crippen molar-refractivity contribution in [1.82, 2.24) is 5.32 Å². The standard InChI is InChI=1S/C73H141N2O7P/c1-7-10-13-16-19-22-25-28-30-32-34-36-37-39-41-43-45-48-51-54-57-60-63-66-73(77)82-71(64-61-58-55-52-49-46-27-24-21-18-15-12-9-3)70(69-81-83(78,79)80-68-67-75(4,5)6)74-72(76)65-62-59-56-53-50-47-44-42-40-38-35-33-31-29-26-23-20-17-14-11-8-2/h20,23,29,31,61,64,70-71H,7-19,21-22,24-28,30,32-60,62-63,65-69H2,1-6H3,(H-,74,76,78,79)/p+1/b23-20-,31-29-,64-61+. The molecule has 0 aromatic rings. The Morgan fingerprint density at radius 2 is 0.735 bits per heavy atom. The number of quaternary nitrogens is 1. The number of phosphoric acid groups is 1. The number of carbonyl (C=O) groups is 2. The highest BCUT2D eigenvalue weighted by molar-refractivity contribution is 7.47. The molecule has 0 aliphatic heterocycles. The summed E-state index contributed by atoms with van der Waals surface area (Å²) in [6.07, 6.45) is 78.7. The lowest BCUT2D eigenvalue weighted by molar-refractivity contribution is -0.870. The minimum absolute atomic E-state index is 0.0427. The molecule has 83 heavy (non-hydrogen) atoms. The number of nitrogens with zero attached hydrogens (tertiary/aromatic N) is 1. The van der Waals surface area contributed by atoms with Gasteiger partial charge in [0.1, 0.15) is 19.3 Å². The summed E-state index contributed by atoms with van der Waals surface area (Å²) in [5.74, 6) is -0.486. The van der Waals surface area contributed by atoms with Crippen LogP contribution in [0.3, 0.4) is 0 Å². The van der Waals surface area contributed by atoms with Gasteiger partial charge in [0.2, 0.25) is 5.91 Å².